The van der Waals surface area contributed by atoms with Crippen molar-refractivity contribution in [2.75, 3.05) is 11.1 Å². The topological polar surface area (TPSA) is 38.0 Å². The lowest BCUT2D eigenvalue weighted by Crippen LogP contribution is -2.09. The molecule has 2 aromatic rings. The fraction of sp³-hybridized carbons (Fsp3) is 0.200. The maximum atomic E-state index is 13.0. The number of alkyl halides is 2. The molecule has 0 fully saturated rings. The first-order valence-electron chi connectivity index (χ1n) is 6.17. The summed E-state index contributed by atoms with van der Waals surface area (Å²) in [6.07, 6.45) is -2.61. The fourth-order valence-electron chi connectivity index (χ4n) is 1.96. The summed E-state index contributed by atoms with van der Waals surface area (Å²) >= 11 is 0. The number of nitrogens with one attached hydrogen (secondary N) is 1. The molecule has 2 rings (SSSR count). The standard InChI is InChI=1S/C15H15F3N2/c1-9(10-2-4-11(16)5-3-10)20-14-7-6-12(19)8-13(14)15(17)18/h2-9,15,20H,19H2,1H3. The van der Waals surface area contributed by atoms with Gasteiger partial charge in [0.25, 0.3) is 6.43 Å². The van der Waals surface area contributed by atoms with Gasteiger partial charge in [0.15, 0.2) is 0 Å². The quantitative estimate of drug-likeness (QED) is 0.808. The molecule has 0 aromatic heterocycles. The Labute approximate surface area is 115 Å². The Morgan fingerprint density at radius 3 is 2.30 bits per heavy atom. The van der Waals surface area contributed by atoms with Gasteiger partial charge in [0, 0.05) is 23.0 Å². The molecule has 0 saturated carbocycles. The summed E-state index contributed by atoms with van der Waals surface area (Å²) in [4.78, 5) is 0. The Morgan fingerprint density at radius 2 is 1.70 bits per heavy atom. The van der Waals surface area contributed by atoms with Crippen molar-refractivity contribution in [3.8, 4) is 0 Å². The highest BCUT2D eigenvalue weighted by molar-refractivity contribution is 5.59. The van der Waals surface area contributed by atoms with E-state index >= 15 is 0 Å². The molecule has 20 heavy (non-hydrogen) atoms. The van der Waals surface area contributed by atoms with Gasteiger partial charge in [-0.2, -0.15) is 0 Å². The summed E-state index contributed by atoms with van der Waals surface area (Å²) in [5.41, 5.74) is 6.81. The molecular formula is C15H15F3N2. The third kappa shape index (κ3) is 3.23. The minimum Gasteiger partial charge on any atom is -0.399 e. The first kappa shape index (κ1) is 14.2. The summed E-state index contributed by atoms with van der Waals surface area (Å²) < 4.78 is 38.8. The van der Waals surface area contributed by atoms with Crippen molar-refractivity contribution in [1.82, 2.24) is 0 Å². The molecule has 106 valence electrons. The zero-order chi connectivity index (χ0) is 14.7. The Hall–Kier alpha value is -2.17. The van der Waals surface area contributed by atoms with Gasteiger partial charge in [0.05, 0.1) is 0 Å². The maximum absolute atomic E-state index is 13.0. The Bertz CT molecular complexity index is 582. The smallest absolute Gasteiger partial charge is 0.265 e. The third-order valence-electron chi connectivity index (χ3n) is 3.05. The summed E-state index contributed by atoms with van der Waals surface area (Å²) in [6.45, 7) is 1.82. The van der Waals surface area contributed by atoms with E-state index in [9.17, 15) is 13.2 Å². The molecule has 2 nitrogen and oxygen atoms in total. The number of hydrogen-bond donors (Lipinski definition) is 2. The van der Waals surface area contributed by atoms with Crippen LogP contribution in [-0.4, -0.2) is 0 Å². The normalized spacial score (nSPS) is 12.4. The van der Waals surface area contributed by atoms with Crippen molar-refractivity contribution < 1.29 is 13.2 Å². The molecule has 0 radical (unpaired) electrons. The van der Waals surface area contributed by atoms with E-state index in [1.54, 1.807) is 18.2 Å². The molecule has 0 saturated heterocycles. The van der Waals surface area contributed by atoms with Gasteiger partial charge < -0.3 is 11.1 Å². The van der Waals surface area contributed by atoms with Crippen LogP contribution < -0.4 is 11.1 Å². The molecule has 1 unspecified atom stereocenters. The van der Waals surface area contributed by atoms with Crippen LogP contribution in [0.25, 0.3) is 0 Å². The van der Waals surface area contributed by atoms with Crippen LogP contribution in [0, 0.1) is 5.82 Å². The average Bonchev–Trinajstić information content (AvgIpc) is 2.41. The monoisotopic (exact) mass is 280 g/mol. The largest absolute Gasteiger partial charge is 0.399 e. The van der Waals surface area contributed by atoms with Crippen LogP contribution in [0.5, 0.6) is 0 Å². The van der Waals surface area contributed by atoms with Gasteiger partial charge in [-0.3, -0.25) is 0 Å². The van der Waals surface area contributed by atoms with Crippen LogP contribution >= 0.6 is 0 Å². The van der Waals surface area contributed by atoms with E-state index in [0.29, 0.717) is 11.4 Å². The second kappa shape index (κ2) is 5.86. The number of rotatable bonds is 4. The highest BCUT2D eigenvalue weighted by atomic mass is 19.3. The lowest BCUT2D eigenvalue weighted by Gasteiger charge is -2.18. The van der Waals surface area contributed by atoms with E-state index in [4.69, 9.17) is 5.73 Å². The highest BCUT2D eigenvalue weighted by Crippen LogP contribution is 2.31. The van der Waals surface area contributed by atoms with Crippen molar-refractivity contribution in [2.24, 2.45) is 0 Å². The van der Waals surface area contributed by atoms with Gasteiger partial charge in [-0.15, -0.1) is 0 Å². The van der Waals surface area contributed by atoms with Gasteiger partial charge in [-0.05, 0) is 42.8 Å². The van der Waals surface area contributed by atoms with Crippen molar-refractivity contribution in [3.05, 3.63) is 59.4 Å². The zero-order valence-corrected chi connectivity index (χ0v) is 10.9. The molecule has 0 amide bonds. The second-order valence-electron chi connectivity index (χ2n) is 4.56. The third-order valence-corrected chi connectivity index (χ3v) is 3.05. The maximum Gasteiger partial charge on any atom is 0.265 e. The molecule has 0 aliphatic rings. The average molecular weight is 280 g/mol. The van der Waals surface area contributed by atoms with Crippen LogP contribution in [0.1, 0.15) is 30.5 Å². The molecule has 2 aromatic carbocycles. The first-order valence-corrected chi connectivity index (χ1v) is 6.17. The number of hydrogen-bond acceptors (Lipinski definition) is 2. The number of anilines is 2. The minimum atomic E-state index is -2.61. The van der Waals surface area contributed by atoms with E-state index < -0.39 is 6.43 Å². The lowest BCUT2D eigenvalue weighted by molar-refractivity contribution is 0.152. The van der Waals surface area contributed by atoms with Crippen molar-refractivity contribution in [2.45, 2.75) is 19.4 Å². The molecule has 3 N–H and O–H groups in total. The van der Waals surface area contributed by atoms with E-state index in [-0.39, 0.29) is 17.4 Å². The van der Waals surface area contributed by atoms with Gasteiger partial charge in [0.1, 0.15) is 5.82 Å². The second-order valence-corrected chi connectivity index (χ2v) is 4.56. The minimum absolute atomic E-state index is 0.140. The predicted molar refractivity (Wildman–Crippen MR) is 74.2 cm³/mol. The van der Waals surface area contributed by atoms with Crippen molar-refractivity contribution in [1.29, 1.82) is 0 Å². The molecule has 1 atom stereocenters. The highest BCUT2D eigenvalue weighted by Gasteiger charge is 2.15. The van der Waals surface area contributed by atoms with Gasteiger partial charge in [0.2, 0.25) is 0 Å². The zero-order valence-electron chi connectivity index (χ0n) is 10.9. The molecular weight excluding hydrogens is 265 g/mol. The van der Waals surface area contributed by atoms with Gasteiger partial charge in [-0.25, -0.2) is 13.2 Å². The molecule has 0 bridgehead atoms. The van der Waals surface area contributed by atoms with E-state index in [1.165, 1.54) is 24.3 Å². The predicted octanol–water partition coefficient (Wildman–Crippen LogP) is 4.52. The Morgan fingerprint density at radius 1 is 1.05 bits per heavy atom. The molecule has 0 spiro atoms. The number of nitrogens with two attached hydrogens (primary N) is 1. The van der Waals surface area contributed by atoms with Gasteiger partial charge >= 0.3 is 0 Å². The Kier molecular flexibility index (Phi) is 4.17. The Balaban J connectivity index is 2.23. The molecule has 0 aliphatic heterocycles. The summed E-state index contributed by atoms with van der Waals surface area (Å²) in [6, 6.07) is 10.0. The van der Waals surface area contributed by atoms with Crippen LogP contribution in [0.4, 0.5) is 24.5 Å². The van der Waals surface area contributed by atoms with E-state index in [2.05, 4.69) is 5.32 Å². The number of halogens is 3. The summed E-state index contributed by atoms with van der Waals surface area (Å²) in [7, 11) is 0. The SMILES string of the molecule is CC(Nc1ccc(N)cc1C(F)F)c1ccc(F)cc1. The molecule has 0 aliphatic carbocycles. The van der Waals surface area contributed by atoms with Crippen LogP contribution in [-0.2, 0) is 0 Å². The van der Waals surface area contributed by atoms with E-state index in [0.717, 1.165) is 5.56 Å². The first-order chi connectivity index (χ1) is 9.47. The summed E-state index contributed by atoms with van der Waals surface area (Å²) in [5.74, 6) is -0.332. The summed E-state index contributed by atoms with van der Waals surface area (Å²) in [5, 5.41) is 3.00. The lowest BCUT2D eigenvalue weighted by atomic mass is 10.1. The molecule has 0 heterocycles. The number of benzene rings is 2. The molecule has 5 heteroatoms. The van der Waals surface area contributed by atoms with Crippen LogP contribution in [0.3, 0.4) is 0 Å². The van der Waals surface area contributed by atoms with E-state index in [1.807, 2.05) is 6.92 Å². The number of nitrogen functional groups attached to an aromatic ring is 1. The fourth-order valence-corrected chi connectivity index (χ4v) is 1.96. The van der Waals surface area contributed by atoms with Crippen LogP contribution in [0.15, 0.2) is 42.5 Å². The van der Waals surface area contributed by atoms with Gasteiger partial charge in [-0.1, -0.05) is 12.1 Å². The van der Waals surface area contributed by atoms with Crippen molar-refractivity contribution in [3.63, 3.8) is 0 Å². The van der Waals surface area contributed by atoms with Crippen molar-refractivity contribution >= 4 is 11.4 Å². The van der Waals surface area contributed by atoms with Crippen LogP contribution in [0.2, 0.25) is 0 Å².